The van der Waals surface area contributed by atoms with Crippen molar-refractivity contribution < 1.29 is 4.79 Å². The van der Waals surface area contributed by atoms with Crippen LogP contribution in [0.5, 0.6) is 0 Å². The summed E-state index contributed by atoms with van der Waals surface area (Å²) in [5.74, 6) is 0.00718. The van der Waals surface area contributed by atoms with Crippen LogP contribution in [0.25, 0.3) is 5.65 Å². The second kappa shape index (κ2) is 5.49. The number of rotatable bonds is 3. The molecule has 0 N–H and O–H groups in total. The third kappa shape index (κ3) is 2.48. The van der Waals surface area contributed by atoms with Crippen LogP contribution >= 0.6 is 0 Å². The Balaban J connectivity index is 1.63. The van der Waals surface area contributed by atoms with Crippen LogP contribution in [0.1, 0.15) is 28.9 Å². The average molecular weight is 310 g/mol. The number of likely N-dealkylation sites (tertiary alicyclic amines) is 1. The van der Waals surface area contributed by atoms with Crippen LogP contribution in [0.4, 0.5) is 0 Å². The van der Waals surface area contributed by atoms with Gasteiger partial charge in [-0.25, -0.2) is 9.50 Å². The monoisotopic (exact) mass is 310 g/mol. The van der Waals surface area contributed by atoms with E-state index in [-0.39, 0.29) is 11.9 Å². The Morgan fingerprint density at radius 2 is 2.26 bits per heavy atom. The van der Waals surface area contributed by atoms with Crippen molar-refractivity contribution in [1.82, 2.24) is 29.3 Å². The van der Waals surface area contributed by atoms with Gasteiger partial charge in [0.25, 0.3) is 5.91 Å². The molecule has 0 radical (unpaired) electrons. The fourth-order valence-corrected chi connectivity index (χ4v) is 3.18. The van der Waals surface area contributed by atoms with Crippen molar-refractivity contribution in [3.63, 3.8) is 0 Å². The number of hydrogen-bond donors (Lipinski definition) is 0. The van der Waals surface area contributed by atoms with Gasteiger partial charge in [0, 0.05) is 30.8 Å². The molecule has 1 atom stereocenters. The van der Waals surface area contributed by atoms with E-state index in [2.05, 4.69) is 15.2 Å². The molecule has 23 heavy (non-hydrogen) atoms. The summed E-state index contributed by atoms with van der Waals surface area (Å²) in [5, 5.41) is 8.49. The van der Waals surface area contributed by atoms with Crippen LogP contribution in [0.3, 0.4) is 0 Å². The predicted octanol–water partition coefficient (Wildman–Crippen LogP) is 1.54. The molecule has 0 aromatic carbocycles. The van der Waals surface area contributed by atoms with Gasteiger partial charge >= 0.3 is 0 Å². The highest BCUT2D eigenvalue weighted by atomic mass is 16.2. The van der Waals surface area contributed by atoms with Crippen LogP contribution < -0.4 is 0 Å². The molecule has 0 saturated carbocycles. The Morgan fingerprint density at radius 1 is 1.35 bits per heavy atom. The third-order valence-electron chi connectivity index (χ3n) is 4.33. The molecule has 118 valence electrons. The van der Waals surface area contributed by atoms with Gasteiger partial charge < -0.3 is 4.90 Å². The maximum atomic E-state index is 13.0. The minimum atomic E-state index is 0.00718. The molecule has 3 aromatic heterocycles. The van der Waals surface area contributed by atoms with Crippen LogP contribution in [0.15, 0.2) is 36.9 Å². The van der Waals surface area contributed by atoms with E-state index < -0.39 is 0 Å². The normalized spacial score (nSPS) is 18.0. The van der Waals surface area contributed by atoms with Gasteiger partial charge in [-0.1, -0.05) is 0 Å². The standard InChI is InChI=1S/C16H18N6O/c1-12-5-9-22-15(19-12)14(10-18-22)16(23)21-8-2-4-13(21)11-20-7-3-6-17-20/h3,5-7,9-10,13H,2,4,8,11H2,1H3/t13-/m1/s1. The number of aromatic nitrogens is 5. The molecule has 7 heteroatoms. The lowest BCUT2D eigenvalue weighted by molar-refractivity contribution is 0.0723. The predicted molar refractivity (Wildman–Crippen MR) is 84.0 cm³/mol. The topological polar surface area (TPSA) is 68.3 Å². The molecular weight excluding hydrogens is 292 g/mol. The van der Waals surface area contributed by atoms with Crippen molar-refractivity contribution in [2.45, 2.75) is 32.4 Å². The van der Waals surface area contributed by atoms with Crippen molar-refractivity contribution >= 4 is 11.6 Å². The lowest BCUT2D eigenvalue weighted by Crippen LogP contribution is -2.38. The smallest absolute Gasteiger partial charge is 0.259 e. The molecule has 0 bridgehead atoms. The quantitative estimate of drug-likeness (QED) is 0.736. The van der Waals surface area contributed by atoms with E-state index in [4.69, 9.17) is 0 Å². The zero-order chi connectivity index (χ0) is 15.8. The fraction of sp³-hybridized carbons (Fsp3) is 0.375. The number of aryl methyl sites for hydroxylation is 1. The molecule has 0 spiro atoms. The highest BCUT2D eigenvalue weighted by Crippen LogP contribution is 2.22. The van der Waals surface area contributed by atoms with E-state index in [0.717, 1.165) is 31.6 Å². The number of hydrogen-bond acceptors (Lipinski definition) is 4. The van der Waals surface area contributed by atoms with Crippen LogP contribution in [-0.4, -0.2) is 47.8 Å². The summed E-state index contributed by atoms with van der Waals surface area (Å²) in [6, 6.07) is 3.95. The molecule has 0 unspecified atom stereocenters. The molecule has 1 fully saturated rings. The SMILES string of the molecule is Cc1ccn2ncc(C(=O)N3CCC[C@@H]3Cn3cccn3)c2n1. The minimum Gasteiger partial charge on any atom is -0.334 e. The summed E-state index contributed by atoms with van der Waals surface area (Å²) < 4.78 is 3.54. The second-order valence-corrected chi connectivity index (χ2v) is 5.92. The molecule has 1 aliphatic rings. The summed E-state index contributed by atoms with van der Waals surface area (Å²) in [4.78, 5) is 19.4. The van der Waals surface area contributed by atoms with E-state index in [0.29, 0.717) is 11.2 Å². The molecule has 0 aliphatic carbocycles. The van der Waals surface area contributed by atoms with Crippen LogP contribution in [0, 0.1) is 6.92 Å². The van der Waals surface area contributed by atoms with Crippen molar-refractivity contribution in [2.24, 2.45) is 0 Å². The van der Waals surface area contributed by atoms with Gasteiger partial charge in [0.15, 0.2) is 5.65 Å². The van der Waals surface area contributed by atoms with Gasteiger partial charge in [-0.2, -0.15) is 10.2 Å². The van der Waals surface area contributed by atoms with Crippen LogP contribution in [0.2, 0.25) is 0 Å². The summed E-state index contributed by atoms with van der Waals surface area (Å²) in [7, 11) is 0. The first-order chi connectivity index (χ1) is 11.2. The maximum absolute atomic E-state index is 13.0. The van der Waals surface area contributed by atoms with Gasteiger partial charge in [0.05, 0.1) is 18.8 Å². The first-order valence-electron chi connectivity index (χ1n) is 7.82. The van der Waals surface area contributed by atoms with E-state index >= 15 is 0 Å². The number of amides is 1. The molecule has 3 aromatic rings. The summed E-state index contributed by atoms with van der Waals surface area (Å²) in [6.07, 6.45) is 9.16. The zero-order valence-corrected chi connectivity index (χ0v) is 13.0. The third-order valence-corrected chi connectivity index (χ3v) is 4.33. The minimum absolute atomic E-state index is 0.00718. The van der Waals surface area contributed by atoms with Gasteiger partial charge in [0.1, 0.15) is 5.56 Å². The number of fused-ring (bicyclic) bond motifs is 1. The highest BCUT2D eigenvalue weighted by molar-refractivity contribution is 5.99. The van der Waals surface area contributed by atoms with E-state index in [1.165, 1.54) is 0 Å². The van der Waals surface area contributed by atoms with Gasteiger partial charge in [0.2, 0.25) is 0 Å². The Morgan fingerprint density at radius 3 is 3.09 bits per heavy atom. The van der Waals surface area contributed by atoms with Gasteiger partial charge in [-0.05, 0) is 31.9 Å². The Kier molecular flexibility index (Phi) is 3.33. The van der Waals surface area contributed by atoms with E-state index in [9.17, 15) is 4.79 Å². The molecular formula is C16H18N6O. The zero-order valence-electron chi connectivity index (χ0n) is 13.0. The Hall–Kier alpha value is -2.70. The number of carbonyl (C=O) groups is 1. The summed E-state index contributed by atoms with van der Waals surface area (Å²) in [5.41, 5.74) is 2.07. The highest BCUT2D eigenvalue weighted by Gasteiger charge is 2.31. The lowest BCUT2D eigenvalue weighted by Gasteiger charge is -2.24. The fourth-order valence-electron chi connectivity index (χ4n) is 3.18. The lowest BCUT2D eigenvalue weighted by atomic mass is 10.2. The molecule has 1 saturated heterocycles. The molecule has 4 heterocycles. The van der Waals surface area contributed by atoms with Crippen molar-refractivity contribution in [1.29, 1.82) is 0 Å². The Labute approximate surface area is 133 Å². The molecule has 1 amide bonds. The number of nitrogens with zero attached hydrogens (tertiary/aromatic N) is 6. The summed E-state index contributed by atoms with van der Waals surface area (Å²) >= 11 is 0. The summed E-state index contributed by atoms with van der Waals surface area (Å²) in [6.45, 7) is 3.41. The molecule has 1 aliphatic heterocycles. The van der Waals surface area contributed by atoms with E-state index in [1.54, 1.807) is 16.9 Å². The maximum Gasteiger partial charge on any atom is 0.259 e. The van der Waals surface area contributed by atoms with E-state index in [1.807, 2.05) is 41.0 Å². The number of carbonyl (C=O) groups excluding carboxylic acids is 1. The second-order valence-electron chi connectivity index (χ2n) is 5.92. The Bertz CT molecular complexity index is 838. The van der Waals surface area contributed by atoms with Crippen LogP contribution in [-0.2, 0) is 6.54 Å². The van der Waals surface area contributed by atoms with Crippen molar-refractivity contribution in [3.05, 3.63) is 48.2 Å². The molecule has 4 rings (SSSR count). The average Bonchev–Trinajstić information content (AvgIpc) is 3.27. The van der Waals surface area contributed by atoms with Gasteiger partial charge in [-0.15, -0.1) is 0 Å². The first kappa shape index (κ1) is 13.9. The first-order valence-corrected chi connectivity index (χ1v) is 7.82. The van der Waals surface area contributed by atoms with Crippen molar-refractivity contribution in [3.8, 4) is 0 Å². The van der Waals surface area contributed by atoms with Gasteiger partial charge in [-0.3, -0.25) is 9.48 Å². The molecule has 7 nitrogen and oxygen atoms in total. The largest absolute Gasteiger partial charge is 0.334 e. The van der Waals surface area contributed by atoms with Crippen molar-refractivity contribution in [2.75, 3.05) is 6.54 Å².